The van der Waals surface area contributed by atoms with Gasteiger partial charge in [-0.05, 0) is 48.8 Å². The maximum atomic E-state index is 12.5. The molecular formula is C15H23ClN2O2S. The van der Waals surface area contributed by atoms with Crippen molar-refractivity contribution in [1.82, 2.24) is 4.72 Å². The van der Waals surface area contributed by atoms with Gasteiger partial charge in [-0.1, -0.05) is 31.5 Å². The zero-order valence-electron chi connectivity index (χ0n) is 12.5. The quantitative estimate of drug-likeness (QED) is 0.891. The van der Waals surface area contributed by atoms with E-state index in [2.05, 4.69) is 18.6 Å². The van der Waals surface area contributed by atoms with E-state index in [4.69, 9.17) is 17.3 Å². The van der Waals surface area contributed by atoms with Gasteiger partial charge < -0.3 is 5.73 Å². The molecule has 0 saturated heterocycles. The summed E-state index contributed by atoms with van der Waals surface area (Å²) >= 11 is 6.05. The highest BCUT2D eigenvalue weighted by Gasteiger charge is 2.28. The zero-order chi connectivity index (χ0) is 15.6. The minimum absolute atomic E-state index is 0.00158. The molecular weight excluding hydrogens is 308 g/mol. The van der Waals surface area contributed by atoms with Crippen LogP contribution in [0.25, 0.3) is 0 Å². The highest BCUT2D eigenvalue weighted by atomic mass is 35.5. The van der Waals surface area contributed by atoms with Crippen LogP contribution in [0.5, 0.6) is 0 Å². The van der Waals surface area contributed by atoms with E-state index in [-0.39, 0.29) is 10.9 Å². The molecule has 0 amide bonds. The second-order valence-corrected chi connectivity index (χ2v) is 8.31. The van der Waals surface area contributed by atoms with Crippen LogP contribution in [-0.2, 0) is 16.6 Å². The molecule has 0 aliphatic heterocycles. The third kappa shape index (κ3) is 4.19. The van der Waals surface area contributed by atoms with Gasteiger partial charge in [0, 0.05) is 17.6 Å². The first-order chi connectivity index (χ1) is 9.81. The molecule has 21 heavy (non-hydrogen) atoms. The monoisotopic (exact) mass is 330 g/mol. The molecule has 6 heteroatoms. The molecule has 118 valence electrons. The van der Waals surface area contributed by atoms with Gasteiger partial charge in [-0.3, -0.25) is 0 Å². The first-order valence-corrected chi connectivity index (χ1v) is 9.18. The minimum atomic E-state index is -3.53. The lowest BCUT2D eigenvalue weighted by molar-refractivity contribution is 0.257. The Balaban J connectivity index is 2.16. The zero-order valence-corrected chi connectivity index (χ0v) is 14.0. The van der Waals surface area contributed by atoms with E-state index < -0.39 is 10.0 Å². The standard InChI is InChI=1S/C15H23ClN2O2S/c1-10-5-11(2)7-13(6-10)18-21(19,20)14-4-3-12(9-17)15(16)8-14/h3-4,8,10-11,13,18H,5-7,9,17H2,1-2H3. The SMILES string of the molecule is CC1CC(C)CC(NS(=O)(=O)c2ccc(CN)c(Cl)c2)C1. The van der Waals surface area contributed by atoms with E-state index in [0.29, 0.717) is 23.4 Å². The van der Waals surface area contributed by atoms with E-state index in [9.17, 15) is 8.42 Å². The second-order valence-electron chi connectivity index (χ2n) is 6.19. The van der Waals surface area contributed by atoms with Crippen LogP contribution in [0.2, 0.25) is 5.02 Å². The van der Waals surface area contributed by atoms with Gasteiger partial charge in [0.2, 0.25) is 10.0 Å². The van der Waals surface area contributed by atoms with E-state index in [0.717, 1.165) is 24.8 Å². The molecule has 2 atom stereocenters. The lowest BCUT2D eigenvalue weighted by Gasteiger charge is -2.31. The third-order valence-electron chi connectivity index (χ3n) is 4.06. The Labute approximate surface area is 132 Å². The molecule has 1 aromatic rings. The highest BCUT2D eigenvalue weighted by Crippen LogP contribution is 2.29. The van der Waals surface area contributed by atoms with Gasteiger partial charge in [-0.2, -0.15) is 0 Å². The lowest BCUT2D eigenvalue weighted by Crippen LogP contribution is -2.39. The normalized spacial score (nSPS) is 26.8. The van der Waals surface area contributed by atoms with Crippen LogP contribution in [0.1, 0.15) is 38.7 Å². The van der Waals surface area contributed by atoms with Crippen LogP contribution in [0.15, 0.2) is 23.1 Å². The molecule has 1 saturated carbocycles. The first-order valence-electron chi connectivity index (χ1n) is 7.32. The maximum absolute atomic E-state index is 12.5. The summed E-state index contributed by atoms with van der Waals surface area (Å²) in [5, 5.41) is 0.394. The van der Waals surface area contributed by atoms with E-state index in [1.54, 1.807) is 12.1 Å². The summed E-state index contributed by atoms with van der Waals surface area (Å²) < 4.78 is 27.7. The molecule has 4 nitrogen and oxygen atoms in total. The molecule has 0 heterocycles. The molecule has 1 aromatic carbocycles. The van der Waals surface area contributed by atoms with Crippen LogP contribution >= 0.6 is 11.6 Å². The van der Waals surface area contributed by atoms with Crippen molar-refractivity contribution in [3.05, 3.63) is 28.8 Å². The first kappa shape index (κ1) is 16.7. The number of hydrogen-bond acceptors (Lipinski definition) is 3. The topological polar surface area (TPSA) is 72.2 Å². The number of nitrogens with one attached hydrogen (secondary N) is 1. The van der Waals surface area contributed by atoms with Gasteiger partial charge in [-0.25, -0.2) is 13.1 Å². The minimum Gasteiger partial charge on any atom is -0.326 e. The predicted molar refractivity (Wildman–Crippen MR) is 85.6 cm³/mol. The molecule has 1 aliphatic carbocycles. The molecule has 0 radical (unpaired) electrons. The fraction of sp³-hybridized carbons (Fsp3) is 0.600. The Morgan fingerprint density at radius 1 is 1.24 bits per heavy atom. The Morgan fingerprint density at radius 2 is 1.86 bits per heavy atom. The molecule has 0 spiro atoms. The third-order valence-corrected chi connectivity index (χ3v) is 5.93. The molecule has 1 aliphatic rings. The Morgan fingerprint density at radius 3 is 2.38 bits per heavy atom. The largest absolute Gasteiger partial charge is 0.326 e. The summed E-state index contributed by atoms with van der Waals surface area (Å²) in [5.41, 5.74) is 6.29. The average Bonchev–Trinajstić information content (AvgIpc) is 2.36. The number of halogens is 1. The molecule has 3 N–H and O–H groups in total. The Kier molecular flexibility index (Phi) is 5.30. The van der Waals surface area contributed by atoms with Crippen LogP contribution in [-0.4, -0.2) is 14.5 Å². The van der Waals surface area contributed by atoms with Crippen LogP contribution < -0.4 is 10.5 Å². The summed E-state index contributed by atoms with van der Waals surface area (Å²) in [6, 6.07) is 4.71. The number of benzene rings is 1. The fourth-order valence-corrected chi connectivity index (χ4v) is 4.80. The van der Waals surface area contributed by atoms with Gasteiger partial charge in [0.05, 0.1) is 4.90 Å². The lowest BCUT2D eigenvalue weighted by atomic mass is 9.81. The van der Waals surface area contributed by atoms with Gasteiger partial charge >= 0.3 is 0 Å². The summed E-state index contributed by atoms with van der Waals surface area (Å²) in [5.74, 6) is 1.09. The smallest absolute Gasteiger partial charge is 0.240 e. The molecule has 2 unspecified atom stereocenters. The predicted octanol–water partition coefficient (Wildman–Crippen LogP) is 2.90. The van der Waals surface area contributed by atoms with Crippen molar-refractivity contribution >= 4 is 21.6 Å². The Hall–Kier alpha value is -0.620. The average molecular weight is 331 g/mol. The van der Waals surface area contributed by atoms with Gasteiger partial charge in [0.15, 0.2) is 0 Å². The number of sulfonamides is 1. The summed E-state index contributed by atoms with van der Waals surface area (Å²) in [4.78, 5) is 0.204. The van der Waals surface area contributed by atoms with E-state index in [1.807, 2.05) is 0 Å². The summed E-state index contributed by atoms with van der Waals surface area (Å²) in [6.07, 6.45) is 2.94. The van der Waals surface area contributed by atoms with Crippen molar-refractivity contribution in [1.29, 1.82) is 0 Å². The second kappa shape index (κ2) is 6.65. The van der Waals surface area contributed by atoms with Crippen molar-refractivity contribution in [3.63, 3.8) is 0 Å². The van der Waals surface area contributed by atoms with Crippen LogP contribution in [0.4, 0.5) is 0 Å². The van der Waals surface area contributed by atoms with Crippen LogP contribution in [0, 0.1) is 11.8 Å². The summed E-state index contributed by atoms with van der Waals surface area (Å²) in [6.45, 7) is 4.64. The van der Waals surface area contributed by atoms with E-state index >= 15 is 0 Å². The molecule has 2 rings (SSSR count). The highest BCUT2D eigenvalue weighted by molar-refractivity contribution is 7.89. The fourth-order valence-electron chi connectivity index (χ4n) is 3.19. The number of hydrogen-bond donors (Lipinski definition) is 2. The van der Waals surface area contributed by atoms with Gasteiger partial charge in [0.1, 0.15) is 0 Å². The Bertz CT molecular complexity index is 594. The molecule has 1 fully saturated rings. The molecule has 0 bridgehead atoms. The van der Waals surface area contributed by atoms with Gasteiger partial charge in [0.25, 0.3) is 0 Å². The van der Waals surface area contributed by atoms with Gasteiger partial charge in [-0.15, -0.1) is 0 Å². The number of rotatable bonds is 4. The maximum Gasteiger partial charge on any atom is 0.240 e. The number of nitrogens with two attached hydrogens (primary N) is 1. The van der Waals surface area contributed by atoms with Crippen molar-refractivity contribution in [2.24, 2.45) is 17.6 Å². The van der Waals surface area contributed by atoms with Crippen molar-refractivity contribution in [2.75, 3.05) is 0 Å². The van der Waals surface area contributed by atoms with Crippen molar-refractivity contribution in [3.8, 4) is 0 Å². The van der Waals surface area contributed by atoms with E-state index in [1.165, 1.54) is 6.07 Å². The molecule has 0 aromatic heterocycles. The van der Waals surface area contributed by atoms with Crippen LogP contribution in [0.3, 0.4) is 0 Å². The van der Waals surface area contributed by atoms with Crippen molar-refractivity contribution in [2.45, 2.75) is 50.6 Å². The summed E-state index contributed by atoms with van der Waals surface area (Å²) in [7, 11) is -3.53. The van der Waals surface area contributed by atoms with Crippen molar-refractivity contribution < 1.29 is 8.42 Å².